The van der Waals surface area contributed by atoms with E-state index in [1.807, 2.05) is 11.6 Å². The Bertz CT molecular complexity index is 1180. The van der Waals surface area contributed by atoms with Crippen LogP contribution in [0.25, 0.3) is 10.9 Å². The van der Waals surface area contributed by atoms with Gasteiger partial charge in [0, 0.05) is 17.8 Å². The fraction of sp³-hybridized carbons (Fsp3) is 0.333. The van der Waals surface area contributed by atoms with Gasteiger partial charge >= 0.3 is 0 Å². The predicted molar refractivity (Wildman–Crippen MR) is 96.1 cm³/mol. The van der Waals surface area contributed by atoms with Gasteiger partial charge in [-0.3, -0.25) is 9.40 Å². The average molecular weight is 367 g/mol. The van der Waals surface area contributed by atoms with E-state index < -0.39 is 10.0 Å². The van der Waals surface area contributed by atoms with Gasteiger partial charge in [-0.25, -0.2) is 8.42 Å². The van der Waals surface area contributed by atoms with E-state index in [2.05, 4.69) is 20.9 Å². The Morgan fingerprint density at radius 3 is 2.81 bits per heavy atom. The number of hydrogen-bond acceptors (Lipinski definition) is 4. The number of anilines is 1. The maximum Gasteiger partial charge on any atom is 0.265 e. The molecule has 26 heavy (non-hydrogen) atoms. The van der Waals surface area contributed by atoms with E-state index in [0.29, 0.717) is 16.8 Å². The number of benzene rings is 1. The van der Waals surface area contributed by atoms with E-state index in [4.69, 9.17) is 0 Å². The molecule has 0 aliphatic heterocycles. The smallest absolute Gasteiger partial charge is 0.265 e. The summed E-state index contributed by atoms with van der Waals surface area (Å²) in [6.07, 6.45) is 7.91. The molecule has 3 aliphatic rings. The molecule has 6 rings (SSSR count). The summed E-state index contributed by atoms with van der Waals surface area (Å²) >= 11 is 0. The van der Waals surface area contributed by atoms with Gasteiger partial charge < -0.3 is 4.98 Å². The zero-order valence-electron chi connectivity index (χ0n) is 14.2. The van der Waals surface area contributed by atoms with Crippen molar-refractivity contribution in [3.8, 4) is 6.07 Å². The SMILES string of the molecule is Cc1ccc(NS(=O)(=O)c2cnn(C34CC(C3)C4)c2)c2[nH]cc(C#N)c12. The Kier molecular flexibility index (Phi) is 2.91. The quantitative estimate of drug-likeness (QED) is 0.740. The van der Waals surface area contributed by atoms with Crippen molar-refractivity contribution < 1.29 is 8.42 Å². The van der Waals surface area contributed by atoms with E-state index in [1.165, 1.54) is 6.20 Å². The van der Waals surface area contributed by atoms with Crippen molar-refractivity contribution in [1.82, 2.24) is 14.8 Å². The number of nitrogens with one attached hydrogen (secondary N) is 2. The first-order valence-electron chi connectivity index (χ1n) is 8.51. The summed E-state index contributed by atoms with van der Waals surface area (Å²) in [7, 11) is -3.76. The molecule has 2 N–H and O–H groups in total. The molecule has 0 radical (unpaired) electrons. The topological polar surface area (TPSA) is 104 Å². The number of H-pyrrole nitrogens is 1. The van der Waals surface area contributed by atoms with Crippen LogP contribution in [-0.2, 0) is 15.6 Å². The summed E-state index contributed by atoms with van der Waals surface area (Å²) in [6, 6.07) is 5.64. The Hall–Kier alpha value is -2.79. The van der Waals surface area contributed by atoms with Crippen LogP contribution in [0, 0.1) is 24.2 Å². The molecular weight excluding hydrogens is 350 g/mol. The lowest BCUT2D eigenvalue weighted by Gasteiger charge is -2.61. The summed E-state index contributed by atoms with van der Waals surface area (Å²) in [6.45, 7) is 1.89. The number of aryl methyl sites for hydroxylation is 1. The monoisotopic (exact) mass is 367 g/mol. The van der Waals surface area contributed by atoms with Crippen molar-refractivity contribution in [3.63, 3.8) is 0 Å². The number of hydrogen-bond donors (Lipinski definition) is 2. The highest BCUT2D eigenvalue weighted by Crippen LogP contribution is 2.62. The molecule has 3 fully saturated rings. The normalized spacial score (nSPS) is 23.9. The van der Waals surface area contributed by atoms with E-state index in [-0.39, 0.29) is 10.4 Å². The third-order valence-electron chi connectivity index (χ3n) is 5.77. The third-order valence-corrected chi connectivity index (χ3v) is 7.09. The standard InChI is InChI=1S/C18H17N5O2S/c1-11-2-3-15(17-16(11)13(7-19)8-20-17)22-26(24,25)14-9-21-23(10-14)18-4-12(5-18)6-18/h2-3,8-10,12,20,22H,4-6H2,1H3. The molecule has 132 valence electrons. The molecule has 8 heteroatoms. The maximum absolute atomic E-state index is 12.8. The Morgan fingerprint density at radius 2 is 2.15 bits per heavy atom. The number of sulfonamides is 1. The van der Waals surface area contributed by atoms with Gasteiger partial charge in [0.05, 0.1) is 28.5 Å². The Morgan fingerprint density at radius 1 is 1.38 bits per heavy atom. The van der Waals surface area contributed by atoms with Crippen LogP contribution in [-0.4, -0.2) is 23.2 Å². The Balaban J connectivity index is 1.51. The molecule has 2 aromatic heterocycles. The fourth-order valence-corrected chi connectivity index (χ4v) is 5.22. The second-order valence-corrected chi connectivity index (χ2v) is 9.11. The van der Waals surface area contributed by atoms with Crippen LogP contribution in [0.2, 0.25) is 0 Å². The number of aromatic nitrogens is 3. The van der Waals surface area contributed by atoms with Crippen molar-refractivity contribution in [2.45, 2.75) is 36.6 Å². The summed E-state index contributed by atoms with van der Waals surface area (Å²) < 4.78 is 30.1. The highest BCUT2D eigenvalue weighted by Gasteiger charge is 2.58. The van der Waals surface area contributed by atoms with Gasteiger partial charge in [-0.15, -0.1) is 0 Å². The van der Waals surface area contributed by atoms with Crippen LogP contribution < -0.4 is 4.72 Å². The second-order valence-electron chi connectivity index (χ2n) is 7.42. The van der Waals surface area contributed by atoms with Crippen molar-refractivity contribution in [3.05, 3.63) is 41.9 Å². The van der Waals surface area contributed by atoms with Gasteiger partial charge in [0.15, 0.2) is 0 Å². The van der Waals surface area contributed by atoms with E-state index in [1.54, 1.807) is 24.5 Å². The van der Waals surface area contributed by atoms with Crippen molar-refractivity contribution >= 4 is 26.6 Å². The van der Waals surface area contributed by atoms with Gasteiger partial charge in [-0.05, 0) is 43.7 Å². The molecule has 2 heterocycles. The molecule has 0 spiro atoms. The summed E-state index contributed by atoms with van der Waals surface area (Å²) in [5.41, 5.74) is 2.49. The van der Waals surface area contributed by atoms with Gasteiger partial charge in [-0.2, -0.15) is 10.4 Å². The average Bonchev–Trinajstić information content (AvgIpc) is 3.14. The highest BCUT2D eigenvalue weighted by molar-refractivity contribution is 7.92. The van der Waals surface area contributed by atoms with Crippen LogP contribution in [0.5, 0.6) is 0 Å². The van der Waals surface area contributed by atoms with Crippen LogP contribution in [0.1, 0.15) is 30.4 Å². The Labute approximate surface area is 150 Å². The van der Waals surface area contributed by atoms with Crippen molar-refractivity contribution in [2.75, 3.05) is 4.72 Å². The number of aromatic amines is 1. The largest absolute Gasteiger partial charge is 0.358 e. The van der Waals surface area contributed by atoms with Gasteiger partial charge in [0.25, 0.3) is 10.0 Å². The van der Waals surface area contributed by atoms with Gasteiger partial charge in [0.2, 0.25) is 0 Å². The van der Waals surface area contributed by atoms with Crippen LogP contribution >= 0.6 is 0 Å². The van der Waals surface area contributed by atoms with Gasteiger partial charge in [-0.1, -0.05) is 6.07 Å². The first-order valence-corrected chi connectivity index (χ1v) is 9.99. The number of nitrogens with zero attached hydrogens (tertiary/aromatic N) is 3. The zero-order chi connectivity index (χ0) is 18.1. The lowest BCUT2D eigenvalue weighted by molar-refractivity contribution is -0.0979. The molecule has 0 unspecified atom stereocenters. The minimum absolute atomic E-state index is 0.0523. The van der Waals surface area contributed by atoms with E-state index >= 15 is 0 Å². The van der Waals surface area contributed by atoms with Crippen molar-refractivity contribution in [2.24, 2.45) is 5.92 Å². The van der Waals surface area contributed by atoms with Crippen LogP contribution in [0.3, 0.4) is 0 Å². The third kappa shape index (κ3) is 1.98. The number of fused-ring (bicyclic) bond motifs is 1. The van der Waals surface area contributed by atoms with Crippen LogP contribution in [0.15, 0.2) is 35.6 Å². The molecule has 3 aromatic rings. The molecule has 0 atom stereocenters. The van der Waals surface area contributed by atoms with Crippen LogP contribution in [0.4, 0.5) is 5.69 Å². The highest BCUT2D eigenvalue weighted by atomic mass is 32.2. The second kappa shape index (κ2) is 4.89. The lowest BCUT2D eigenvalue weighted by Crippen LogP contribution is -2.59. The maximum atomic E-state index is 12.8. The predicted octanol–water partition coefficient (Wildman–Crippen LogP) is 2.85. The van der Waals surface area contributed by atoms with Crippen molar-refractivity contribution in [1.29, 1.82) is 5.26 Å². The number of rotatable bonds is 4. The summed E-state index contributed by atoms with van der Waals surface area (Å²) in [5.74, 6) is 0.792. The number of nitriles is 1. The first kappa shape index (κ1) is 15.5. The molecule has 1 aromatic carbocycles. The lowest BCUT2D eigenvalue weighted by atomic mass is 9.50. The fourth-order valence-electron chi connectivity index (χ4n) is 4.22. The molecular formula is C18H17N5O2S. The zero-order valence-corrected chi connectivity index (χ0v) is 15.0. The van der Waals surface area contributed by atoms with E-state index in [0.717, 1.165) is 36.1 Å². The molecule has 0 saturated heterocycles. The molecule has 3 aliphatic carbocycles. The molecule has 0 amide bonds. The minimum Gasteiger partial charge on any atom is -0.358 e. The van der Waals surface area contributed by atoms with Gasteiger partial charge in [0.1, 0.15) is 11.0 Å². The summed E-state index contributed by atoms with van der Waals surface area (Å²) in [5, 5.41) is 14.3. The van der Waals surface area contributed by atoms with E-state index in [9.17, 15) is 13.7 Å². The first-order chi connectivity index (χ1) is 12.4. The molecule has 2 bridgehead atoms. The summed E-state index contributed by atoms with van der Waals surface area (Å²) in [4.78, 5) is 3.16. The minimum atomic E-state index is -3.76. The molecule has 7 nitrogen and oxygen atoms in total. The molecule has 3 saturated carbocycles.